The standard InChI is InChI=1S/C28H29NO4/c1-31-27(30)20-32-26-17-9-15-24-21(14-8-16-25(24)26)18-19-29-33-28(22-10-4-2-5-11-22)23-12-6-3-7-13-23/h2-7,9-13,15,17-18,28-29H,8,14,16,19-20H2,1H3. The summed E-state index contributed by atoms with van der Waals surface area (Å²) in [7, 11) is 1.36. The number of ether oxygens (including phenoxy) is 2. The Balaban J connectivity index is 1.44. The summed E-state index contributed by atoms with van der Waals surface area (Å²) in [5.74, 6) is 0.368. The van der Waals surface area contributed by atoms with E-state index in [1.165, 1.54) is 18.2 Å². The first-order chi connectivity index (χ1) is 16.3. The molecule has 0 radical (unpaired) electrons. The van der Waals surface area contributed by atoms with E-state index in [0.29, 0.717) is 6.54 Å². The van der Waals surface area contributed by atoms with E-state index >= 15 is 0 Å². The number of rotatable bonds is 9. The summed E-state index contributed by atoms with van der Waals surface area (Å²) in [6.45, 7) is 0.500. The lowest BCUT2D eigenvalue weighted by Gasteiger charge is -2.22. The number of hydroxylamine groups is 1. The van der Waals surface area contributed by atoms with E-state index in [0.717, 1.165) is 41.7 Å². The van der Waals surface area contributed by atoms with Crippen LogP contribution < -0.4 is 10.2 Å². The number of carbonyl (C=O) groups is 1. The van der Waals surface area contributed by atoms with Crippen LogP contribution in [0.3, 0.4) is 0 Å². The van der Waals surface area contributed by atoms with E-state index in [-0.39, 0.29) is 18.7 Å². The zero-order chi connectivity index (χ0) is 22.9. The van der Waals surface area contributed by atoms with Gasteiger partial charge in [-0.15, -0.1) is 0 Å². The zero-order valence-electron chi connectivity index (χ0n) is 18.8. The highest BCUT2D eigenvalue weighted by Gasteiger charge is 2.19. The normalized spacial score (nSPS) is 14.2. The van der Waals surface area contributed by atoms with Crippen molar-refractivity contribution in [3.8, 4) is 5.75 Å². The van der Waals surface area contributed by atoms with Gasteiger partial charge < -0.3 is 9.47 Å². The highest BCUT2D eigenvalue weighted by molar-refractivity contribution is 5.73. The Hall–Kier alpha value is -3.41. The summed E-state index contributed by atoms with van der Waals surface area (Å²) >= 11 is 0. The SMILES string of the molecule is COC(=O)COc1cccc2c1CCCC2=CCNOC(c1ccccc1)c1ccccc1. The molecule has 33 heavy (non-hydrogen) atoms. The Morgan fingerprint density at radius 3 is 2.30 bits per heavy atom. The molecular formula is C28H29NO4. The smallest absolute Gasteiger partial charge is 0.343 e. The molecular weight excluding hydrogens is 414 g/mol. The molecule has 3 aromatic carbocycles. The van der Waals surface area contributed by atoms with Gasteiger partial charge in [-0.05, 0) is 47.6 Å². The molecule has 1 N–H and O–H groups in total. The van der Waals surface area contributed by atoms with Crippen LogP contribution in [0.25, 0.3) is 5.57 Å². The third-order valence-corrected chi connectivity index (χ3v) is 5.76. The van der Waals surface area contributed by atoms with Crippen LogP contribution in [0.4, 0.5) is 0 Å². The molecule has 0 spiro atoms. The Bertz CT molecular complexity index is 1040. The van der Waals surface area contributed by atoms with Gasteiger partial charge in [0.25, 0.3) is 0 Å². The summed E-state index contributed by atoms with van der Waals surface area (Å²) in [4.78, 5) is 17.6. The second-order valence-electron chi connectivity index (χ2n) is 7.90. The fourth-order valence-corrected chi connectivity index (χ4v) is 4.14. The lowest BCUT2D eigenvalue weighted by atomic mass is 9.86. The van der Waals surface area contributed by atoms with Crippen molar-refractivity contribution in [2.24, 2.45) is 0 Å². The number of fused-ring (bicyclic) bond motifs is 1. The van der Waals surface area contributed by atoms with Gasteiger partial charge in [-0.1, -0.05) is 78.9 Å². The number of methoxy groups -OCH3 is 1. The maximum atomic E-state index is 11.5. The molecule has 0 atom stereocenters. The molecule has 0 heterocycles. The van der Waals surface area contributed by atoms with Crippen LogP contribution >= 0.6 is 0 Å². The molecule has 4 rings (SSSR count). The first kappa shape index (κ1) is 22.8. The van der Waals surface area contributed by atoms with Crippen molar-refractivity contribution in [2.45, 2.75) is 25.4 Å². The molecule has 5 nitrogen and oxygen atoms in total. The van der Waals surface area contributed by atoms with Crippen molar-refractivity contribution in [2.75, 3.05) is 20.3 Å². The van der Waals surface area contributed by atoms with Gasteiger partial charge in [0.05, 0.1) is 7.11 Å². The van der Waals surface area contributed by atoms with Gasteiger partial charge in [-0.2, -0.15) is 5.48 Å². The molecule has 5 heteroatoms. The minimum atomic E-state index is -0.382. The summed E-state index contributed by atoms with van der Waals surface area (Å²) in [5.41, 5.74) is 8.92. The van der Waals surface area contributed by atoms with Crippen molar-refractivity contribution in [1.82, 2.24) is 5.48 Å². The molecule has 0 aromatic heterocycles. The van der Waals surface area contributed by atoms with Crippen molar-refractivity contribution in [1.29, 1.82) is 0 Å². The summed E-state index contributed by atoms with van der Waals surface area (Å²) in [5, 5.41) is 0. The van der Waals surface area contributed by atoms with Crippen LogP contribution in [0.5, 0.6) is 5.75 Å². The number of nitrogens with one attached hydrogen (secondary N) is 1. The summed E-state index contributed by atoms with van der Waals surface area (Å²) in [6, 6.07) is 26.4. The summed E-state index contributed by atoms with van der Waals surface area (Å²) in [6.07, 6.45) is 4.95. The minimum absolute atomic E-state index is 0.0816. The van der Waals surface area contributed by atoms with Crippen LogP contribution in [0.2, 0.25) is 0 Å². The lowest BCUT2D eigenvalue weighted by molar-refractivity contribution is -0.142. The molecule has 0 saturated carbocycles. The molecule has 0 bridgehead atoms. The topological polar surface area (TPSA) is 56.8 Å². The highest BCUT2D eigenvalue weighted by Crippen LogP contribution is 2.36. The maximum Gasteiger partial charge on any atom is 0.343 e. The fraction of sp³-hybridized carbons (Fsp3) is 0.250. The third kappa shape index (κ3) is 5.89. The first-order valence-electron chi connectivity index (χ1n) is 11.3. The monoisotopic (exact) mass is 443 g/mol. The molecule has 1 aliphatic carbocycles. The van der Waals surface area contributed by atoms with Gasteiger partial charge in [-0.25, -0.2) is 4.79 Å². The molecule has 0 fully saturated rings. The van der Waals surface area contributed by atoms with E-state index in [4.69, 9.17) is 9.57 Å². The largest absolute Gasteiger partial charge is 0.482 e. The quantitative estimate of drug-likeness (QED) is 0.277. The van der Waals surface area contributed by atoms with Gasteiger partial charge in [0.15, 0.2) is 6.61 Å². The van der Waals surface area contributed by atoms with Crippen LogP contribution in [0.1, 0.15) is 41.2 Å². The second-order valence-corrected chi connectivity index (χ2v) is 7.90. The minimum Gasteiger partial charge on any atom is -0.482 e. The average Bonchev–Trinajstić information content (AvgIpc) is 2.88. The van der Waals surface area contributed by atoms with Gasteiger partial charge in [0.1, 0.15) is 11.9 Å². The Labute approximate surface area is 195 Å². The Morgan fingerprint density at radius 1 is 0.939 bits per heavy atom. The van der Waals surface area contributed by atoms with Crippen molar-refractivity contribution in [3.05, 3.63) is 107 Å². The van der Waals surface area contributed by atoms with Gasteiger partial charge >= 0.3 is 5.97 Å². The number of carbonyl (C=O) groups excluding carboxylic acids is 1. The molecule has 1 aliphatic rings. The summed E-state index contributed by atoms with van der Waals surface area (Å²) < 4.78 is 10.4. The molecule has 0 unspecified atom stereocenters. The molecule has 3 aromatic rings. The van der Waals surface area contributed by atoms with Crippen molar-refractivity contribution < 1.29 is 19.1 Å². The average molecular weight is 444 g/mol. The van der Waals surface area contributed by atoms with Gasteiger partial charge in [0, 0.05) is 12.1 Å². The number of allylic oxidation sites excluding steroid dienone is 1. The van der Waals surface area contributed by atoms with Gasteiger partial charge in [0.2, 0.25) is 0 Å². The molecule has 0 amide bonds. The highest BCUT2D eigenvalue weighted by atomic mass is 16.7. The van der Waals surface area contributed by atoms with Crippen molar-refractivity contribution in [3.63, 3.8) is 0 Å². The van der Waals surface area contributed by atoms with Crippen LogP contribution in [0, 0.1) is 0 Å². The van der Waals surface area contributed by atoms with E-state index in [2.05, 4.69) is 46.6 Å². The first-order valence-corrected chi connectivity index (χ1v) is 11.3. The predicted octanol–water partition coefficient (Wildman–Crippen LogP) is 5.27. The third-order valence-electron chi connectivity index (χ3n) is 5.76. The molecule has 0 saturated heterocycles. The number of benzene rings is 3. The Kier molecular flexibility index (Phi) is 7.90. The number of esters is 1. The predicted molar refractivity (Wildman–Crippen MR) is 129 cm³/mol. The zero-order valence-corrected chi connectivity index (χ0v) is 18.8. The number of hydrogen-bond donors (Lipinski definition) is 1. The Morgan fingerprint density at radius 2 is 1.64 bits per heavy atom. The second kappa shape index (κ2) is 11.5. The van der Waals surface area contributed by atoms with E-state index in [1.807, 2.05) is 48.5 Å². The maximum absolute atomic E-state index is 11.5. The molecule has 0 aliphatic heterocycles. The van der Waals surface area contributed by atoms with E-state index in [1.54, 1.807) is 0 Å². The molecule has 170 valence electrons. The van der Waals surface area contributed by atoms with Crippen molar-refractivity contribution >= 4 is 11.5 Å². The van der Waals surface area contributed by atoms with Gasteiger partial charge in [-0.3, -0.25) is 4.84 Å². The van der Waals surface area contributed by atoms with E-state index < -0.39 is 0 Å². The van der Waals surface area contributed by atoms with E-state index in [9.17, 15) is 4.79 Å². The lowest BCUT2D eigenvalue weighted by Crippen LogP contribution is -2.20. The van der Waals surface area contributed by atoms with Crippen LogP contribution in [-0.2, 0) is 20.8 Å². The fourth-order valence-electron chi connectivity index (χ4n) is 4.14. The van der Waals surface area contributed by atoms with Crippen LogP contribution in [-0.4, -0.2) is 26.2 Å². The number of hydrogen-bond acceptors (Lipinski definition) is 5. The van der Waals surface area contributed by atoms with Crippen LogP contribution in [0.15, 0.2) is 84.9 Å².